The van der Waals surface area contributed by atoms with Crippen molar-refractivity contribution >= 4 is 5.84 Å². The number of aryl methyl sites for hydroxylation is 2. The van der Waals surface area contributed by atoms with Crippen LogP contribution in [0, 0.1) is 6.92 Å². The first-order valence-corrected chi connectivity index (χ1v) is 6.36. The Bertz CT molecular complexity index is 618. The van der Waals surface area contributed by atoms with Crippen molar-refractivity contribution < 1.29 is 5.21 Å². The van der Waals surface area contributed by atoms with E-state index in [1.54, 1.807) is 6.20 Å². The predicted molar refractivity (Wildman–Crippen MR) is 77.4 cm³/mol. The summed E-state index contributed by atoms with van der Waals surface area (Å²) in [5.41, 5.74) is 8.56. The van der Waals surface area contributed by atoms with Crippen LogP contribution in [0.5, 0.6) is 0 Å². The monoisotopic (exact) mass is 273 g/mol. The zero-order valence-electron chi connectivity index (χ0n) is 11.7. The quantitative estimate of drug-likeness (QED) is 0.329. The Morgan fingerprint density at radius 3 is 2.85 bits per heavy atom. The molecule has 0 aliphatic carbocycles. The zero-order valence-corrected chi connectivity index (χ0v) is 11.7. The lowest BCUT2D eigenvalue weighted by Crippen LogP contribution is -2.17. The molecule has 0 fully saturated rings. The van der Waals surface area contributed by atoms with Gasteiger partial charge in [0.15, 0.2) is 5.84 Å². The molecule has 2 aromatic rings. The number of aromatic nitrogens is 2. The van der Waals surface area contributed by atoms with Crippen molar-refractivity contribution in [1.29, 1.82) is 0 Å². The minimum absolute atomic E-state index is 0.126. The third-order valence-electron chi connectivity index (χ3n) is 3.27. The minimum Gasteiger partial charge on any atom is -0.409 e. The summed E-state index contributed by atoms with van der Waals surface area (Å²) in [5.74, 6) is 1.12. The highest BCUT2D eigenvalue weighted by atomic mass is 16.4. The fourth-order valence-corrected chi connectivity index (χ4v) is 1.99. The number of imidazole rings is 1. The second kappa shape index (κ2) is 6.21. The molecule has 4 N–H and O–H groups in total. The van der Waals surface area contributed by atoms with Gasteiger partial charge in [-0.2, -0.15) is 0 Å². The Balaban J connectivity index is 1.98. The first-order valence-electron chi connectivity index (χ1n) is 6.36. The summed E-state index contributed by atoms with van der Waals surface area (Å²) in [5, 5.41) is 15.0. The van der Waals surface area contributed by atoms with Gasteiger partial charge in [0.1, 0.15) is 5.82 Å². The molecule has 20 heavy (non-hydrogen) atoms. The van der Waals surface area contributed by atoms with Crippen LogP contribution in [0.3, 0.4) is 0 Å². The molecule has 0 spiro atoms. The molecular weight excluding hydrogens is 254 g/mol. The number of nitrogens with one attached hydrogen (secondary N) is 1. The van der Waals surface area contributed by atoms with Gasteiger partial charge in [-0.15, -0.1) is 0 Å². The molecule has 6 heteroatoms. The van der Waals surface area contributed by atoms with E-state index in [1.807, 2.05) is 42.9 Å². The lowest BCUT2D eigenvalue weighted by atomic mass is 10.0. The largest absolute Gasteiger partial charge is 0.409 e. The summed E-state index contributed by atoms with van der Waals surface area (Å²) in [4.78, 5) is 4.26. The van der Waals surface area contributed by atoms with Crippen molar-refractivity contribution in [3.05, 3.63) is 53.1 Å². The molecule has 0 unspecified atom stereocenters. The average Bonchev–Trinajstić information content (AvgIpc) is 2.85. The molecule has 0 radical (unpaired) electrons. The molecule has 106 valence electrons. The molecule has 1 aromatic carbocycles. The zero-order chi connectivity index (χ0) is 14.5. The predicted octanol–water partition coefficient (Wildman–Crippen LogP) is 1.11. The van der Waals surface area contributed by atoms with Crippen LogP contribution in [0.15, 0.2) is 35.7 Å². The number of hydrogen-bond acceptors (Lipinski definition) is 4. The smallest absolute Gasteiger partial charge is 0.170 e. The Labute approximate surface area is 117 Å². The summed E-state index contributed by atoms with van der Waals surface area (Å²) in [6.45, 7) is 3.46. The Kier molecular flexibility index (Phi) is 4.37. The fourth-order valence-electron chi connectivity index (χ4n) is 1.99. The molecule has 2 rings (SSSR count). The maximum absolute atomic E-state index is 8.66. The van der Waals surface area contributed by atoms with E-state index in [1.165, 1.54) is 5.56 Å². The minimum atomic E-state index is 0.126. The number of nitrogens with two attached hydrogens (primary N) is 1. The number of oxime groups is 1. The van der Waals surface area contributed by atoms with Gasteiger partial charge in [0.05, 0.1) is 6.54 Å². The Morgan fingerprint density at radius 2 is 2.25 bits per heavy atom. The molecule has 1 heterocycles. The lowest BCUT2D eigenvalue weighted by Gasteiger charge is -2.09. The maximum Gasteiger partial charge on any atom is 0.170 e. The van der Waals surface area contributed by atoms with Gasteiger partial charge in [0.2, 0.25) is 0 Å². The molecule has 0 saturated carbocycles. The first kappa shape index (κ1) is 14.1. The van der Waals surface area contributed by atoms with Crippen LogP contribution in [0.1, 0.15) is 22.5 Å². The fraction of sp³-hybridized carbons (Fsp3) is 0.286. The molecule has 6 nitrogen and oxygen atoms in total. The molecule has 0 aliphatic rings. The molecule has 1 aromatic heterocycles. The van der Waals surface area contributed by atoms with Gasteiger partial charge in [-0.1, -0.05) is 17.3 Å². The van der Waals surface area contributed by atoms with Crippen LogP contribution < -0.4 is 11.1 Å². The van der Waals surface area contributed by atoms with Gasteiger partial charge >= 0.3 is 0 Å². The van der Waals surface area contributed by atoms with Crippen LogP contribution in [-0.2, 0) is 20.1 Å². The van der Waals surface area contributed by atoms with Gasteiger partial charge in [0.25, 0.3) is 0 Å². The number of rotatable bonds is 5. The second-order valence-electron chi connectivity index (χ2n) is 4.68. The normalized spacial score (nSPS) is 11.8. The summed E-state index contributed by atoms with van der Waals surface area (Å²) in [6.07, 6.45) is 3.71. The summed E-state index contributed by atoms with van der Waals surface area (Å²) < 4.78 is 1.99. The highest BCUT2D eigenvalue weighted by Crippen LogP contribution is 2.11. The molecular formula is C14H19N5O. The van der Waals surface area contributed by atoms with Crippen molar-refractivity contribution in [2.75, 3.05) is 0 Å². The summed E-state index contributed by atoms with van der Waals surface area (Å²) >= 11 is 0. The van der Waals surface area contributed by atoms with Gasteiger partial charge in [-0.25, -0.2) is 4.98 Å². The molecule has 0 aliphatic heterocycles. The van der Waals surface area contributed by atoms with Crippen molar-refractivity contribution in [1.82, 2.24) is 14.9 Å². The lowest BCUT2D eigenvalue weighted by molar-refractivity contribution is 0.318. The van der Waals surface area contributed by atoms with E-state index in [4.69, 9.17) is 10.9 Å². The van der Waals surface area contributed by atoms with Crippen LogP contribution in [0.2, 0.25) is 0 Å². The van der Waals surface area contributed by atoms with Crippen LogP contribution >= 0.6 is 0 Å². The van der Waals surface area contributed by atoms with E-state index in [-0.39, 0.29) is 5.84 Å². The number of nitrogens with zero attached hydrogens (tertiary/aromatic N) is 3. The van der Waals surface area contributed by atoms with E-state index in [0.717, 1.165) is 23.5 Å². The highest BCUT2D eigenvalue weighted by molar-refractivity contribution is 5.97. The molecule has 0 amide bonds. The standard InChI is InChI=1S/C14H19N5O/c1-10-7-11(14(15)18-20)3-4-12(10)8-16-9-13-17-5-6-19(13)2/h3-7,16,20H,8-9H2,1-2H3,(H2,15,18). The van der Waals surface area contributed by atoms with E-state index >= 15 is 0 Å². The summed E-state index contributed by atoms with van der Waals surface area (Å²) in [6, 6.07) is 5.74. The third-order valence-corrected chi connectivity index (χ3v) is 3.27. The van der Waals surface area contributed by atoms with Crippen LogP contribution in [-0.4, -0.2) is 20.6 Å². The van der Waals surface area contributed by atoms with Gasteiger partial charge in [0, 0.05) is 31.5 Å². The first-order chi connectivity index (χ1) is 9.61. The third kappa shape index (κ3) is 3.16. The SMILES string of the molecule is Cc1cc(/C(N)=N/O)ccc1CNCc1nccn1C. The van der Waals surface area contributed by atoms with E-state index in [9.17, 15) is 0 Å². The van der Waals surface area contributed by atoms with Crippen molar-refractivity contribution in [3.8, 4) is 0 Å². The highest BCUT2D eigenvalue weighted by Gasteiger charge is 2.04. The molecule has 0 saturated heterocycles. The van der Waals surface area contributed by atoms with E-state index in [0.29, 0.717) is 6.54 Å². The number of amidine groups is 1. The van der Waals surface area contributed by atoms with E-state index < -0.39 is 0 Å². The van der Waals surface area contributed by atoms with Crippen molar-refractivity contribution in [2.45, 2.75) is 20.0 Å². The van der Waals surface area contributed by atoms with Gasteiger partial charge in [-0.05, 0) is 24.1 Å². The van der Waals surface area contributed by atoms with Crippen LogP contribution in [0.25, 0.3) is 0 Å². The second-order valence-corrected chi connectivity index (χ2v) is 4.68. The van der Waals surface area contributed by atoms with Crippen molar-refractivity contribution in [3.63, 3.8) is 0 Å². The number of hydrogen-bond donors (Lipinski definition) is 3. The maximum atomic E-state index is 8.66. The van der Waals surface area contributed by atoms with E-state index in [2.05, 4.69) is 15.5 Å². The average molecular weight is 273 g/mol. The molecule has 0 atom stereocenters. The Hall–Kier alpha value is -2.34. The van der Waals surface area contributed by atoms with Crippen LogP contribution in [0.4, 0.5) is 0 Å². The number of benzene rings is 1. The Morgan fingerprint density at radius 1 is 1.45 bits per heavy atom. The summed E-state index contributed by atoms with van der Waals surface area (Å²) in [7, 11) is 1.97. The van der Waals surface area contributed by atoms with Gasteiger partial charge < -0.3 is 20.8 Å². The van der Waals surface area contributed by atoms with Crippen molar-refractivity contribution in [2.24, 2.45) is 17.9 Å². The molecule has 0 bridgehead atoms. The van der Waals surface area contributed by atoms with Gasteiger partial charge in [-0.3, -0.25) is 0 Å². The topological polar surface area (TPSA) is 88.5 Å².